The third-order valence-electron chi connectivity index (χ3n) is 5.03. The number of hydrogen-bond acceptors (Lipinski definition) is 5. The van der Waals surface area contributed by atoms with Crippen molar-refractivity contribution in [2.75, 3.05) is 5.32 Å². The van der Waals surface area contributed by atoms with E-state index in [1.807, 2.05) is 57.2 Å². The van der Waals surface area contributed by atoms with E-state index in [4.69, 9.17) is 4.52 Å². The number of halogens is 1. The fourth-order valence-corrected chi connectivity index (χ4v) is 3.85. The summed E-state index contributed by atoms with van der Waals surface area (Å²) >= 11 is 3.39. The molecular formula is C24H21BrN4O3. The zero-order valence-corrected chi connectivity index (χ0v) is 19.4. The monoisotopic (exact) mass is 492 g/mol. The Bertz CT molecular complexity index is 1330. The largest absolute Gasteiger partial charge is 0.333 e. The lowest BCUT2D eigenvalue weighted by Gasteiger charge is -2.13. The van der Waals surface area contributed by atoms with Crippen LogP contribution in [0, 0.1) is 20.8 Å². The smallest absolute Gasteiger partial charge is 0.263 e. The minimum atomic E-state index is -0.383. The van der Waals surface area contributed by atoms with Gasteiger partial charge in [0.15, 0.2) is 0 Å². The molecule has 0 saturated heterocycles. The number of benzene rings is 2. The SMILES string of the molecule is Cc1cc(C)c(NC(=O)Cn2cccc(-c3nc(-c4ccc(Br)cc4)no3)c2=O)c(C)c1. The number of carbonyl (C=O) groups excluding carboxylic acids is 1. The highest BCUT2D eigenvalue weighted by atomic mass is 79.9. The topological polar surface area (TPSA) is 90.0 Å². The quantitative estimate of drug-likeness (QED) is 0.428. The molecule has 0 atom stereocenters. The summed E-state index contributed by atoms with van der Waals surface area (Å²) in [5.41, 5.74) is 4.46. The normalized spacial score (nSPS) is 10.9. The zero-order chi connectivity index (χ0) is 22.8. The molecule has 4 rings (SSSR count). The number of nitrogens with one attached hydrogen (secondary N) is 1. The van der Waals surface area contributed by atoms with E-state index in [1.54, 1.807) is 18.3 Å². The first-order valence-electron chi connectivity index (χ1n) is 9.99. The summed E-state index contributed by atoms with van der Waals surface area (Å²) in [7, 11) is 0. The molecule has 2 heterocycles. The van der Waals surface area contributed by atoms with Crippen molar-refractivity contribution in [3.63, 3.8) is 0 Å². The van der Waals surface area contributed by atoms with Gasteiger partial charge < -0.3 is 14.4 Å². The number of aryl methyl sites for hydroxylation is 3. The van der Waals surface area contributed by atoms with Gasteiger partial charge in [-0.2, -0.15) is 4.98 Å². The first kappa shape index (κ1) is 21.7. The fraction of sp³-hybridized carbons (Fsp3) is 0.167. The summed E-state index contributed by atoms with van der Waals surface area (Å²) in [6.45, 7) is 5.77. The highest BCUT2D eigenvalue weighted by molar-refractivity contribution is 9.10. The van der Waals surface area contributed by atoms with Crippen LogP contribution in [0.5, 0.6) is 0 Å². The Kier molecular flexibility index (Phi) is 6.05. The van der Waals surface area contributed by atoms with Crippen molar-refractivity contribution in [3.05, 3.63) is 86.2 Å². The van der Waals surface area contributed by atoms with Gasteiger partial charge in [-0.1, -0.05) is 38.8 Å². The minimum absolute atomic E-state index is 0.105. The lowest BCUT2D eigenvalue weighted by molar-refractivity contribution is -0.116. The first-order valence-corrected chi connectivity index (χ1v) is 10.8. The van der Waals surface area contributed by atoms with Gasteiger partial charge in [0, 0.05) is 21.9 Å². The molecule has 32 heavy (non-hydrogen) atoms. The van der Waals surface area contributed by atoms with Crippen molar-refractivity contribution in [2.24, 2.45) is 0 Å². The second-order valence-electron chi connectivity index (χ2n) is 7.61. The summed E-state index contributed by atoms with van der Waals surface area (Å²) in [5, 5.41) is 6.89. The number of amides is 1. The van der Waals surface area contributed by atoms with E-state index in [2.05, 4.69) is 31.4 Å². The van der Waals surface area contributed by atoms with Crippen molar-refractivity contribution < 1.29 is 9.32 Å². The van der Waals surface area contributed by atoms with Crippen molar-refractivity contribution in [1.82, 2.24) is 14.7 Å². The second-order valence-corrected chi connectivity index (χ2v) is 8.52. The van der Waals surface area contributed by atoms with E-state index in [1.165, 1.54) is 4.57 Å². The molecule has 0 unspecified atom stereocenters. The molecule has 2 aromatic carbocycles. The summed E-state index contributed by atoms with van der Waals surface area (Å²) < 4.78 is 7.59. The molecule has 1 N–H and O–H groups in total. The molecule has 0 saturated carbocycles. The van der Waals surface area contributed by atoms with E-state index < -0.39 is 0 Å². The lowest BCUT2D eigenvalue weighted by atomic mass is 10.1. The van der Waals surface area contributed by atoms with Gasteiger partial charge in [-0.3, -0.25) is 9.59 Å². The fourth-order valence-electron chi connectivity index (χ4n) is 3.58. The Morgan fingerprint density at radius 1 is 1.09 bits per heavy atom. The lowest BCUT2D eigenvalue weighted by Crippen LogP contribution is -2.28. The number of carbonyl (C=O) groups is 1. The third kappa shape index (κ3) is 4.55. The van der Waals surface area contributed by atoms with Crippen LogP contribution in [0.2, 0.25) is 0 Å². The molecule has 0 aliphatic carbocycles. The number of nitrogens with zero attached hydrogens (tertiary/aromatic N) is 3. The maximum atomic E-state index is 13.0. The Morgan fingerprint density at radius 3 is 2.47 bits per heavy atom. The number of aromatic nitrogens is 3. The summed E-state index contributed by atoms with van der Waals surface area (Å²) in [6.07, 6.45) is 1.56. The van der Waals surface area contributed by atoms with E-state index in [9.17, 15) is 9.59 Å². The number of anilines is 1. The highest BCUT2D eigenvalue weighted by Gasteiger charge is 2.16. The van der Waals surface area contributed by atoms with Crippen LogP contribution in [-0.2, 0) is 11.3 Å². The predicted molar refractivity (Wildman–Crippen MR) is 126 cm³/mol. The van der Waals surface area contributed by atoms with Gasteiger partial charge in [-0.25, -0.2) is 0 Å². The summed E-state index contributed by atoms with van der Waals surface area (Å²) in [5.74, 6) is 0.193. The maximum absolute atomic E-state index is 13.0. The molecule has 4 aromatic rings. The summed E-state index contributed by atoms with van der Waals surface area (Å²) in [4.78, 5) is 30.0. The number of pyridine rings is 1. The van der Waals surface area contributed by atoms with Gasteiger partial charge in [0.25, 0.3) is 11.4 Å². The molecule has 0 aliphatic heterocycles. The van der Waals surface area contributed by atoms with Gasteiger partial charge in [0.1, 0.15) is 12.1 Å². The van der Waals surface area contributed by atoms with Crippen LogP contribution < -0.4 is 10.9 Å². The van der Waals surface area contributed by atoms with Crippen molar-refractivity contribution in [3.8, 4) is 22.8 Å². The Labute approximate surface area is 193 Å². The van der Waals surface area contributed by atoms with Crippen LogP contribution in [0.25, 0.3) is 22.8 Å². The zero-order valence-electron chi connectivity index (χ0n) is 17.8. The predicted octanol–water partition coefficient (Wildman–Crippen LogP) is 4.89. The van der Waals surface area contributed by atoms with E-state index in [0.717, 1.165) is 32.4 Å². The average molecular weight is 493 g/mol. The third-order valence-corrected chi connectivity index (χ3v) is 5.56. The van der Waals surface area contributed by atoms with Crippen molar-refractivity contribution in [2.45, 2.75) is 27.3 Å². The van der Waals surface area contributed by atoms with Crippen LogP contribution >= 0.6 is 15.9 Å². The molecule has 0 bridgehead atoms. The maximum Gasteiger partial charge on any atom is 0.263 e. The highest BCUT2D eigenvalue weighted by Crippen LogP contribution is 2.23. The molecule has 162 valence electrons. The van der Waals surface area contributed by atoms with E-state index in [-0.39, 0.29) is 29.5 Å². The number of rotatable bonds is 5. The minimum Gasteiger partial charge on any atom is -0.333 e. The standard InChI is InChI=1S/C24H21BrN4O3/c1-14-11-15(2)21(16(3)12-14)26-20(30)13-29-10-4-5-19(24(29)31)23-27-22(28-32-23)17-6-8-18(25)9-7-17/h4-12H,13H2,1-3H3,(H,26,30). The van der Waals surface area contributed by atoms with Gasteiger partial charge in [-0.15, -0.1) is 0 Å². The Hall–Kier alpha value is -3.52. The van der Waals surface area contributed by atoms with Crippen LogP contribution in [0.15, 0.2) is 68.5 Å². The van der Waals surface area contributed by atoms with Gasteiger partial charge in [-0.05, 0) is 68.3 Å². The van der Waals surface area contributed by atoms with Crippen LogP contribution in [0.3, 0.4) is 0 Å². The molecule has 0 radical (unpaired) electrons. The molecule has 0 aliphatic rings. The van der Waals surface area contributed by atoms with Crippen LogP contribution in [0.1, 0.15) is 16.7 Å². The molecule has 1 amide bonds. The van der Waals surface area contributed by atoms with Crippen molar-refractivity contribution >= 4 is 27.5 Å². The van der Waals surface area contributed by atoms with Gasteiger partial charge in [0.05, 0.1) is 0 Å². The van der Waals surface area contributed by atoms with E-state index >= 15 is 0 Å². The number of hydrogen-bond donors (Lipinski definition) is 1. The molecule has 0 spiro atoms. The van der Waals surface area contributed by atoms with Crippen LogP contribution in [-0.4, -0.2) is 20.6 Å². The van der Waals surface area contributed by atoms with E-state index in [0.29, 0.717) is 5.82 Å². The molecular weight excluding hydrogens is 472 g/mol. The van der Waals surface area contributed by atoms with Gasteiger partial charge >= 0.3 is 0 Å². The first-order chi connectivity index (χ1) is 15.3. The Balaban J connectivity index is 1.56. The molecule has 7 nitrogen and oxygen atoms in total. The van der Waals surface area contributed by atoms with Crippen molar-refractivity contribution in [1.29, 1.82) is 0 Å². The van der Waals surface area contributed by atoms with Crippen LogP contribution in [0.4, 0.5) is 5.69 Å². The molecule has 8 heteroatoms. The average Bonchev–Trinajstić information content (AvgIpc) is 3.23. The molecule has 2 aromatic heterocycles. The Morgan fingerprint density at radius 2 is 1.78 bits per heavy atom. The van der Waals surface area contributed by atoms with Gasteiger partial charge in [0.2, 0.25) is 11.7 Å². The molecule has 0 fully saturated rings. The summed E-state index contributed by atoms with van der Waals surface area (Å²) in [6, 6.07) is 14.7. The second kappa shape index (κ2) is 8.92.